The summed E-state index contributed by atoms with van der Waals surface area (Å²) in [6.45, 7) is 0.115. The first kappa shape index (κ1) is 10.5. The summed E-state index contributed by atoms with van der Waals surface area (Å²) in [5.74, 6) is 0. The number of nitrogens with two attached hydrogens (primary N) is 1. The van der Waals surface area contributed by atoms with Crippen molar-refractivity contribution in [3.8, 4) is 0 Å². The van der Waals surface area contributed by atoms with Crippen molar-refractivity contribution in [3.63, 3.8) is 0 Å². The predicted molar refractivity (Wildman–Crippen MR) is 54.6 cm³/mol. The van der Waals surface area contributed by atoms with E-state index < -0.39 is 0 Å². The summed E-state index contributed by atoms with van der Waals surface area (Å²) in [6.07, 6.45) is 4.30. The lowest BCUT2D eigenvalue weighted by Crippen LogP contribution is -2.13. The van der Waals surface area contributed by atoms with Crippen LogP contribution in [-0.4, -0.2) is 23.0 Å². The third kappa shape index (κ3) is 2.69. The van der Waals surface area contributed by atoms with E-state index >= 15 is 0 Å². The average Bonchev–Trinajstić information content (AvgIpc) is 2.18. The Balaban J connectivity index is 2.85. The SMILES string of the molecule is CSc1ncccc1C(N)CCO. The molecule has 0 fully saturated rings. The number of nitrogens with zero attached hydrogens (tertiary/aromatic N) is 1. The molecule has 0 saturated heterocycles. The Morgan fingerprint density at radius 1 is 1.69 bits per heavy atom. The van der Waals surface area contributed by atoms with E-state index in [0.29, 0.717) is 6.42 Å². The first-order chi connectivity index (χ1) is 6.29. The topological polar surface area (TPSA) is 59.1 Å². The molecule has 0 amide bonds. The van der Waals surface area contributed by atoms with Gasteiger partial charge in [-0.05, 0) is 18.7 Å². The normalized spacial score (nSPS) is 12.8. The van der Waals surface area contributed by atoms with Crippen molar-refractivity contribution in [3.05, 3.63) is 23.9 Å². The first-order valence-electron chi connectivity index (χ1n) is 4.15. The highest BCUT2D eigenvalue weighted by atomic mass is 32.2. The van der Waals surface area contributed by atoms with Crippen LogP contribution in [0.15, 0.2) is 23.4 Å². The lowest BCUT2D eigenvalue weighted by atomic mass is 10.1. The number of hydrogen-bond donors (Lipinski definition) is 2. The molecule has 0 aliphatic carbocycles. The molecular formula is C9H14N2OS. The Morgan fingerprint density at radius 2 is 2.46 bits per heavy atom. The van der Waals surface area contributed by atoms with Crippen LogP contribution in [0.4, 0.5) is 0 Å². The molecule has 1 unspecified atom stereocenters. The first-order valence-corrected chi connectivity index (χ1v) is 5.37. The molecule has 4 heteroatoms. The van der Waals surface area contributed by atoms with Crippen LogP contribution in [-0.2, 0) is 0 Å². The van der Waals surface area contributed by atoms with Gasteiger partial charge in [-0.2, -0.15) is 0 Å². The second kappa shape index (κ2) is 5.21. The van der Waals surface area contributed by atoms with Crippen molar-refractivity contribution in [2.75, 3.05) is 12.9 Å². The van der Waals surface area contributed by atoms with Crippen LogP contribution in [0, 0.1) is 0 Å². The summed E-state index contributed by atoms with van der Waals surface area (Å²) in [5.41, 5.74) is 6.89. The summed E-state index contributed by atoms with van der Waals surface area (Å²) in [5, 5.41) is 9.70. The Labute approximate surface area is 82.4 Å². The lowest BCUT2D eigenvalue weighted by molar-refractivity contribution is 0.276. The number of rotatable bonds is 4. The number of aromatic nitrogens is 1. The molecule has 0 aliphatic rings. The molecule has 0 spiro atoms. The van der Waals surface area contributed by atoms with E-state index in [1.165, 1.54) is 0 Å². The van der Waals surface area contributed by atoms with Crippen LogP contribution >= 0.6 is 11.8 Å². The zero-order valence-electron chi connectivity index (χ0n) is 7.60. The molecule has 1 aromatic heterocycles. The predicted octanol–water partition coefficient (Wildman–Crippen LogP) is 1.19. The summed E-state index contributed by atoms with van der Waals surface area (Å²) in [4.78, 5) is 4.20. The molecule has 0 aromatic carbocycles. The largest absolute Gasteiger partial charge is 0.396 e. The quantitative estimate of drug-likeness (QED) is 0.713. The minimum atomic E-state index is -0.110. The maximum Gasteiger partial charge on any atom is 0.100 e. The monoisotopic (exact) mass is 198 g/mol. The van der Waals surface area contributed by atoms with E-state index in [1.54, 1.807) is 18.0 Å². The minimum absolute atomic E-state index is 0.110. The molecular weight excluding hydrogens is 184 g/mol. The smallest absolute Gasteiger partial charge is 0.100 e. The number of hydrogen-bond acceptors (Lipinski definition) is 4. The standard InChI is InChI=1S/C9H14N2OS/c1-13-9-7(3-2-5-11-9)8(10)4-6-12/h2-3,5,8,12H,4,6,10H2,1H3. The van der Waals surface area contributed by atoms with Gasteiger partial charge in [-0.3, -0.25) is 0 Å². The van der Waals surface area contributed by atoms with Gasteiger partial charge < -0.3 is 10.8 Å². The van der Waals surface area contributed by atoms with E-state index in [9.17, 15) is 0 Å². The molecule has 13 heavy (non-hydrogen) atoms. The van der Waals surface area contributed by atoms with Gasteiger partial charge in [0.2, 0.25) is 0 Å². The summed E-state index contributed by atoms with van der Waals surface area (Å²) in [6, 6.07) is 3.71. The zero-order valence-corrected chi connectivity index (χ0v) is 8.42. The van der Waals surface area contributed by atoms with Crippen molar-refractivity contribution in [1.29, 1.82) is 0 Å². The summed E-state index contributed by atoms with van der Waals surface area (Å²) in [7, 11) is 0. The molecule has 0 saturated carbocycles. The van der Waals surface area contributed by atoms with Crippen molar-refractivity contribution >= 4 is 11.8 Å². The van der Waals surface area contributed by atoms with Gasteiger partial charge >= 0.3 is 0 Å². The van der Waals surface area contributed by atoms with E-state index in [-0.39, 0.29) is 12.6 Å². The van der Waals surface area contributed by atoms with Gasteiger partial charge in [-0.25, -0.2) is 4.98 Å². The van der Waals surface area contributed by atoms with Crippen LogP contribution in [0.25, 0.3) is 0 Å². The Morgan fingerprint density at radius 3 is 3.08 bits per heavy atom. The summed E-state index contributed by atoms with van der Waals surface area (Å²) < 4.78 is 0. The molecule has 1 aromatic rings. The highest BCUT2D eigenvalue weighted by Crippen LogP contribution is 2.23. The molecule has 0 radical (unpaired) electrons. The maximum absolute atomic E-state index is 8.75. The van der Waals surface area contributed by atoms with Gasteiger partial charge in [0.1, 0.15) is 5.03 Å². The highest BCUT2D eigenvalue weighted by molar-refractivity contribution is 7.98. The van der Waals surface area contributed by atoms with Gasteiger partial charge in [0.05, 0.1) is 0 Å². The molecule has 1 atom stereocenters. The molecule has 0 aliphatic heterocycles. The molecule has 0 bridgehead atoms. The van der Waals surface area contributed by atoms with E-state index in [0.717, 1.165) is 10.6 Å². The van der Waals surface area contributed by atoms with Crippen LogP contribution in [0.1, 0.15) is 18.0 Å². The Bertz CT molecular complexity index is 268. The van der Waals surface area contributed by atoms with E-state index in [1.807, 2.05) is 18.4 Å². The van der Waals surface area contributed by atoms with Crippen LogP contribution in [0.5, 0.6) is 0 Å². The van der Waals surface area contributed by atoms with Crippen molar-refractivity contribution in [2.24, 2.45) is 5.73 Å². The fourth-order valence-electron chi connectivity index (χ4n) is 1.15. The van der Waals surface area contributed by atoms with E-state index in [4.69, 9.17) is 10.8 Å². The molecule has 3 nitrogen and oxygen atoms in total. The lowest BCUT2D eigenvalue weighted by Gasteiger charge is -2.12. The third-order valence-corrected chi connectivity index (χ3v) is 2.56. The average molecular weight is 198 g/mol. The maximum atomic E-state index is 8.75. The number of pyridine rings is 1. The number of aliphatic hydroxyl groups is 1. The van der Waals surface area contributed by atoms with Gasteiger partial charge in [0, 0.05) is 24.4 Å². The molecule has 1 rings (SSSR count). The van der Waals surface area contributed by atoms with Gasteiger partial charge in [-0.15, -0.1) is 11.8 Å². The van der Waals surface area contributed by atoms with Crippen LogP contribution in [0.3, 0.4) is 0 Å². The van der Waals surface area contributed by atoms with Gasteiger partial charge in [0.25, 0.3) is 0 Å². The second-order valence-corrected chi connectivity index (χ2v) is 3.52. The van der Waals surface area contributed by atoms with Crippen LogP contribution < -0.4 is 5.73 Å². The van der Waals surface area contributed by atoms with Crippen molar-refractivity contribution < 1.29 is 5.11 Å². The van der Waals surface area contributed by atoms with Gasteiger partial charge in [-0.1, -0.05) is 6.07 Å². The second-order valence-electron chi connectivity index (χ2n) is 2.72. The van der Waals surface area contributed by atoms with E-state index in [2.05, 4.69) is 4.98 Å². The molecule has 3 N–H and O–H groups in total. The van der Waals surface area contributed by atoms with Gasteiger partial charge in [0.15, 0.2) is 0 Å². The zero-order chi connectivity index (χ0) is 9.68. The molecule has 1 heterocycles. The van der Waals surface area contributed by atoms with Crippen LogP contribution in [0.2, 0.25) is 0 Å². The Hall–Kier alpha value is -0.580. The van der Waals surface area contributed by atoms with Crippen molar-refractivity contribution in [1.82, 2.24) is 4.98 Å². The third-order valence-electron chi connectivity index (χ3n) is 1.83. The van der Waals surface area contributed by atoms with Crippen molar-refractivity contribution in [2.45, 2.75) is 17.5 Å². The minimum Gasteiger partial charge on any atom is -0.396 e. The number of aliphatic hydroxyl groups excluding tert-OH is 1. The highest BCUT2D eigenvalue weighted by Gasteiger charge is 2.09. The fourth-order valence-corrected chi connectivity index (χ4v) is 1.77. The Kier molecular flexibility index (Phi) is 4.21. The number of thioether (sulfide) groups is 1. The molecule has 72 valence electrons. The summed E-state index contributed by atoms with van der Waals surface area (Å²) >= 11 is 1.58. The fraction of sp³-hybridized carbons (Fsp3) is 0.444.